The van der Waals surface area contributed by atoms with Gasteiger partial charge in [0, 0.05) is 31.2 Å². The van der Waals surface area contributed by atoms with Crippen LogP contribution in [-0.4, -0.2) is 73.3 Å². The lowest BCUT2D eigenvalue weighted by atomic mass is 9.71. The Bertz CT molecular complexity index is 1520. The third-order valence-corrected chi connectivity index (χ3v) is 9.09. The number of piperidine rings is 1. The van der Waals surface area contributed by atoms with Crippen molar-refractivity contribution in [2.75, 3.05) is 39.8 Å². The molecule has 3 aromatic rings. The zero-order valence-electron chi connectivity index (χ0n) is 25.7. The van der Waals surface area contributed by atoms with E-state index in [9.17, 15) is 35.9 Å². The van der Waals surface area contributed by atoms with E-state index in [-0.39, 0.29) is 25.2 Å². The summed E-state index contributed by atoms with van der Waals surface area (Å²) in [6.07, 6.45) is -9.11. The molecule has 0 amide bonds. The van der Waals surface area contributed by atoms with Crippen LogP contribution in [0.15, 0.2) is 72.8 Å². The number of halogens is 6. The maximum atomic E-state index is 14.3. The lowest BCUT2D eigenvalue weighted by Gasteiger charge is -2.55. The minimum atomic E-state index is -5.16. The van der Waals surface area contributed by atoms with Gasteiger partial charge in [0.2, 0.25) is 0 Å². The van der Waals surface area contributed by atoms with Crippen LogP contribution in [0.25, 0.3) is 0 Å². The van der Waals surface area contributed by atoms with Crippen molar-refractivity contribution < 1.29 is 40.7 Å². The first-order valence-corrected chi connectivity index (χ1v) is 15.3. The topological polar surface area (TPSA) is 87.9 Å². The number of methoxy groups -OCH3 is 1. The molecule has 2 atom stereocenters. The maximum absolute atomic E-state index is 14.3. The van der Waals surface area contributed by atoms with Crippen molar-refractivity contribution in [3.63, 3.8) is 0 Å². The number of carbonyl (C=O) groups excluding carboxylic acids is 2. The minimum absolute atomic E-state index is 0.0254. The highest BCUT2D eigenvalue weighted by atomic mass is 19.4. The summed E-state index contributed by atoms with van der Waals surface area (Å²) in [6, 6.07) is 15.3. The second-order valence-electron chi connectivity index (χ2n) is 11.9. The third kappa shape index (κ3) is 7.08. The molecule has 0 saturated carbocycles. The van der Waals surface area contributed by atoms with Crippen LogP contribution < -0.4 is 15.8 Å². The van der Waals surface area contributed by atoms with Gasteiger partial charge in [0.15, 0.2) is 11.6 Å². The van der Waals surface area contributed by atoms with E-state index in [0.717, 1.165) is 12.1 Å². The fourth-order valence-electron chi connectivity index (χ4n) is 6.88. The molecule has 7 nitrogen and oxygen atoms in total. The van der Waals surface area contributed by atoms with E-state index in [4.69, 9.17) is 10.5 Å². The minimum Gasteiger partial charge on any atom is -0.497 e. The summed E-state index contributed by atoms with van der Waals surface area (Å²) in [6.45, 7) is 1.96. The van der Waals surface area contributed by atoms with Crippen molar-refractivity contribution >= 4 is 11.6 Å². The van der Waals surface area contributed by atoms with Crippen LogP contribution in [0.1, 0.15) is 45.5 Å². The molecule has 2 fully saturated rings. The monoisotopic (exact) mass is 662 g/mol. The average molecular weight is 663 g/mol. The van der Waals surface area contributed by atoms with Crippen LogP contribution in [0.3, 0.4) is 0 Å². The molecule has 0 aromatic heterocycles. The van der Waals surface area contributed by atoms with Gasteiger partial charge in [-0.25, -0.2) is 0 Å². The van der Waals surface area contributed by atoms with E-state index < -0.39 is 58.7 Å². The smallest absolute Gasteiger partial charge is 0.416 e. The molecule has 2 heterocycles. The van der Waals surface area contributed by atoms with Gasteiger partial charge in [-0.15, -0.1) is 0 Å². The summed E-state index contributed by atoms with van der Waals surface area (Å²) in [4.78, 5) is 32.7. The Morgan fingerprint density at radius 1 is 0.894 bits per heavy atom. The predicted octanol–water partition coefficient (Wildman–Crippen LogP) is 5.28. The SMILES string of the molecule is COc1ccc(C2(C(=O)CN)C(C(=O)c3cc(C(F)(F)F)cc(C(F)(F)F)c3)NCCN2C2CCN(Cc3ccccc3)CC2)cc1. The van der Waals surface area contributed by atoms with E-state index >= 15 is 0 Å². The molecule has 3 aromatic carbocycles. The molecule has 3 N–H and O–H groups in total. The first-order valence-electron chi connectivity index (χ1n) is 15.3. The largest absolute Gasteiger partial charge is 0.497 e. The van der Waals surface area contributed by atoms with Gasteiger partial charge in [-0.1, -0.05) is 42.5 Å². The van der Waals surface area contributed by atoms with Gasteiger partial charge in [0.05, 0.1) is 24.8 Å². The fraction of sp³-hybridized carbons (Fsp3) is 0.412. The molecule has 0 aliphatic carbocycles. The first-order chi connectivity index (χ1) is 22.3. The molecule has 2 aliphatic heterocycles. The van der Waals surface area contributed by atoms with Crippen molar-refractivity contribution in [1.29, 1.82) is 0 Å². The van der Waals surface area contributed by atoms with Crippen LogP contribution in [0.4, 0.5) is 26.3 Å². The molecule has 0 bridgehead atoms. The summed E-state index contributed by atoms with van der Waals surface area (Å²) in [7, 11) is 1.45. The predicted molar refractivity (Wildman–Crippen MR) is 163 cm³/mol. The number of ketones is 2. The van der Waals surface area contributed by atoms with E-state index in [2.05, 4.69) is 10.2 Å². The molecule has 252 valence electrons. The molecule has 2 unspecified atom stereocenters. The van der Waals surface area contributed by atoms with Gasteiger partial charge in [0.1, 0.15) is 17.3 Å². The number of Topliss-reactive ketones (excluding diaryl/α,β-unsaturated/α-hetero) is 2. The lowest BCUT2D eigenvalue weighted by Crippen LogP contribution is -2.74. The average Bonchev–Trinajstić information content (AvgIpc) is 3.07. The molecule has 0 radical (unpaired) electrons. The number of nitrogens with zero attached hydrogens (tertiary/aromatic N) is 2. The number of hydrogen-bond donors (Lipinski definition) is 2. The van der Waals surface area contributed by atoms with Crippen molar-refractivity contribution in [3.8, 4) is 5.75 Å². The summed E-state index contributed by atoms with van der Waals surface area (Å²) < 4.78 is 88.1. The Hall–Kier alpha value is -3.78. The maximum Gasteiger partial charge on any atom is 0.416 e. The van der Waals surface area contributed by atoms with Gasteiger partial charge < -0.3 is 15.8 Å². The highest BCUT2D eigenvalue weighted by molar-refractivity contribution is 6.07. The molecule has 2 saturated heterocycles. The number of hydrogen-bond acceptors (Lipinski definition) is 7. The van der Waals surface area contributed by atoms with Crippen molar-refractivity contribution in [2.45, 2.75) is 49.4 Å². The molecule has 2 aliphatic rings. The molecular weight excluding hydrogens is 626 g/mol. The number of carbonyl (C=O) groups is 2. The van der Waals surface area contributed by atoms with Gasteiger partial charge in [-0.2, -0.15) is 26.3 Å². The number of alkyl halides is 6. The van der Waals surface area contributed by atoms with Crippen LogP contribution in [0, 0.1) is 0 Å². The molecular formula is C34H36F6N4O3. The Morgan fingerprint density at radius 2 is 1.49 bits per heavy atom. The van der Waals surface area contributed by atoms with Crippen LogP contribution in [-0.2, 0) is 29.2 Å². The summed E-state index contributed by atoms with van der Waals surface area (Å²) >= 11 is 0. The number of ether oxygens (including phenoxy) is 1. The van der Waals surface area contributed by atoms with Gasteiger partial charge in [-0.3, -0.25) is 19.4 Å². The van der Waals surface area contributed by atoms with Gasteiger partial charge >= 0.3 is 12.4 Å². The quantitative estimate of drug-likeness (QED) is 0.238. The zero-order chi connectivity index (χ0) is 34.0. The standard InChI is InChI=1S/C34H36F6N4O3/c1-47-28-9-7-24(8-10-28)32(29(45)20-41)31(30(46)23-17-25(33(35,36)37)19-26(18-23)34(38,39)40)42-13-16-44(32)27-11-14-43(15-12-27)21-22-5-3-2-4-6-22/h2-10,17-19,27,31,42H,11-16,20-21,41H2,1H3. The fourth-order valence-corrected chi connectivity index (χ4v) is 6.88. The number of benzene rings is 3. The second kappa shape index (κ2) is 13.8. The normalized spacial score (nSPS) is 21.8. The van der Waals surface area contributed by atoms with Crippen molar-refractivity contribution in [3.05, 3.63) is 101 Å². The molecule has 0 spiro atoms. The molecule has 13 heteroatoms. The highest BCUT2D eigenvalue weighted by Gasteiger charge is 2.57. The Morgan fingerprint density at radius 3 is 2.02 bits per heavy atom. The molecule has 5 rings (SSSR count). The Kier molecular flexibility index (Phi) is 10.1. The highest BCUT2D eigenvalue weighted by Crippen LogP contribution is 2.42. The van der Waals surface area contributed by atoms with E-state index in [0.29, 0.717) is 49.4 Å². The number of likely N-dealkylation sites (tertiary alicyclic amines) is 1. The van der Waals surface area contributed by atoms with Crippen molar-refractivity contribution in [1.82, 2.24) is 15.1 Å². The number of nitrogens with two attached hydrogens (primary N) is 1. The van der Waals surface area contributed by atoms with Gasteiger partial charge in [-0.05, 0) is 67.4 Å². The van der Waals surface area contributed by atoms with E-state index in [1.807, 2.05) is 35.2 Å². The number of nitrogens with one attached hydrogen (secondary N) is 1. The van der Waals surface area contributed by atoms with Gasteiger partial charge in [0.25, 0.3) is 0 Å². The van der Waals surface area contributed by atoms with Crippen molar-refractivity contribution in [2.24, 2.45) is 5.73 Å². The van der Waals surface area contributed by atoms with Crippen LogP contribution >= 0.6 is 0 Å². The Labute approximate surface area is 268 Å². The van der Waals surface area contributed by atoms with Crippen LogP contribution in [0.2, 0.25) is 0 Å². The molecule has 47 heavy (non-hydrogen) atoms. The summed E-state index contributed by atoms with van der Waals surface area (Å²) in [5, 5.41) is 3.01. The first kappa shape index (κ1) is 34.6. The summed E-state index contributed by atoms with van der Waals surface area (Å²) in [5.74, 6) is -1.22. The van der Waals surface area contributed by atoms with Crippen LogP contribution in [0.5, 0.6) is 5.75 Å². The number of piperazine rings is 1. The number of rotatable bonds is 9. The van der Waals surface area contributed by atoms with E-state index in [1.54, 1.807) is 24.3 Å². The summed E-state index contributed by atoms with van der Waals surface area (Å²) in [5.41, 5.74) is 1.59. The van der Waals surface area contributed by atoms with E-state index in [1.165, 1.54) is 7.11 Å². The Balaban J connectivity index is 1.59. The third-order valence-electron chi connectivity index (χ3n) is 9.09. The second-order valence-corrected chi connectivity index (χ2v) is 11.9. The zero-order valence-corrected chi connectivity index (χ0v) is 25.7. The lowest BCUT2D eigenvalue weighted by molar-refractivity contribution is -0.143.